The van der Waals surface area contributed by atoms with Gasteiger partial charge in [-0.3, -0.25) is 4.79 Å². The van der Waals surface area contributed by atoms with E-state index in [0.29, 0.717) is 35.1 Å². The van der Waals surface area contributed by atoms with Crippen LogP contribution >= 0.6 is 0 Å². The summed E-state index contributed by atoms with van der Waals surface area (Å²) >= 11 is 0. The Labute approximate surface area is 206 Å². The topological polar surface area (TPSA) is 114 Å². The van der Waals surface area contributed by atoms with Gasteiger partial charge in [0.15, 0.2) is 5.82 Å². The Morgan fingerprint density at radius 1 is 1.25 bits per heavy atom. The predicted molar refractivity (Wildman–Crippen MR) is 129 cm³/mol. The molecule has 0 saturated heterocycles. The second kappa shape index (κ2) is 8.68. The molecular weight excluding hydrogens is 459 g/mol. The Hall–Kier alpha value is -4.39. The van der Waals surface area contributed by atoms with E-state index in [-0.39, 0.29) is 17.4 Å². The number of aromatic nitrogens is 6. The quantitative estimate of drug-likeness (QED) is 0.433. The van der Waals surface area contributed by atoms with Gasteiger partial charge in [-0.2, -0.15) is 5.26 Å². The molecule has 4 aromatic rings. The Morgan fingerprint density at radius 3 is 2.92 bits per heavy atom. The van der Waals surface area contributed by atoms with Gasteiger partial charge in [-0.25, -0.2) is 14.4 Å². The number of pyridine rings is 1. The molecule has 1 N–H and O–H groups in total. The first-order valence-corrected chi connectivity index (χ1v) is 12.0. The summed E-state index contributed by atoms with van der Waals surface area (Å²) in [5.74, 6) is 0.922. The van der Waals surface area contributed by atoms with Crippen LogP contribution in [0.1, 0.15) is 65.1 Å². The molecule has 1 aliphatic heterocycles. The lowest BCUT2D eigenvalue weighted by atomic mass is 10.1. The molecular formula is C26H23FN8O. The van der Waals surface area contributed by atoms with Crippen molar-refractivity contribution >= 4 is 11.7 Å². The molecule has 6 rings (SSSR count). The van der Waals surface area contributed by atoms with Crippen molar-refractivity contribution in [1.82, 2.24) is 29.3 Å². The summed E-state index contributed by atoms with van der Waals surface area (Å²) in [5, 5.41) is 20.4. The van der Waals surface area contributed by atoms with Crippen LogP contribution in [0.25, 0.3) is 17.2 Å². The van der Waals surface area contributed by atoms with Gasteiger partial charge in [-0.05, 0) is 56.0 Å². The smallest absolute Gasteiger partial charge is 0.259 e. The van der Waals surface area contributed by atoms with Crippen molar-refractivity contribution in [2.45, 2.75) is 51.0 Å². The Kier molecular flexibility index (Phi) is 5.33. The van der Waals surface area contributed by atoms with Crippen LogP contribution in [0.4, 0.5) is 10.2 Å². The third kappa shape index (κ3) is 3.92. The van der Waals surface area contributed by atoms with Crippen LogP contribution in [-0.2, 0) is 6.42 Å². The zero-order valence-corrected chi connectivity index (χ0v) is 19.6. The van der Waals surface area contributed by atoms with Crippen LogP contribution in [0, 0.1) is 24.1 Å². The van der Waals surface area contributed by atoms with Gasteiger partial charge in [0.2, 0.25) is 0 Å². The van der Waals surface area contributed by atoms with E-state index in [1.807, 2.05) is 15.3 Å². The van der Waals surface area contributed by atoms with E-state index in [4.69, 9.17) is 5.26 Å². The molecule has 9 nitrogen and oxygen atoms in total. The van der Waals surface area contributed by atoms with E-state index >= 15 is 0 Å². The number of aryl methyl sites for hydroxylation is 2. The molecule has 1 aromatic carbocycles. The summed E-state index contributed by atoms with van der Waals surface area (Å²) in [5.41, 5.74) is 2.86. The van der Waals surface area contributed by atoms with E-state index in [2.05, 4.69) is 31.6 Å². The fourth-order valence-corrected chi connectivity index (χ4v) is 4.76. The van der Waals surface area contributed by atoms with Crippen molar-refractivity contribution in [3.8, 4) is 23.3 Å². The SMILES string of the molecule is Cc1cc(F)c(C(=O)Nc2cccc(-c3nnc4n3C(CC#N)CC4)n2)cc1-n1cnc(C2CC2)c1. The standard InChI is InChI=1S/C26H23FN8O/c1-15-11-19(27)18(12-22(15)34-13-21(29-14-34)16-5-6-16)26(36)31-23-4-2-3-20(30-23)25-33-32-24-8-7-17(9-10-28)35(24)25/h2-4,11-14,16-17H,5-9H2,1H3,(H,30,31,36). The summed E-state index contributed by atoms with van der Waals surface area (Å²) in [6, 6.07) is 10.3. The highest BCUT2D eigenvalue weighted by Gasteiger charge is 2.28. The normalized spacial score (nSPS) is 16.5. The van der Waals surface area contributed by atoms with Gasteiger partial charge < -0.3 is 14.5 Å². The first-order valence-electron chi connectivity index (χ1n) is 12.0. The predicted octanol–water partition coefficient (Wildman–Crippen LogP) is 4.50. The molecule has 36 heavy (non-hydrogen) atoms. The summed E-state index contributed by atoms with van der Waals surface area (Å²) < 4.78 is 18.6. The highest BCUT2D eigenvalue weighted by atomic mass is 19.1. The number of nitrogens with zero attached hydrogens (tertiary/aromatic N) is 7. The van der Waals surface area contributed by atoms with Crippen LogP contribution in [0.15, 0.2) is 42.9 Å². The number of amides is 1. The monoisotopic (exact) mass is 482 g/mol. The highest BCUT2D eigenvalue weighted by molar-refractivity contribution is 6.04. The third-order valence-corrected chi connectivity index (χ3v) is 6.79. The average Bonchev–Trinajstić information content (AvgIpc) is 3.25. The number of hydrogen-bond donors (Lipinski definition) is 1. The van der Waals surface area contributed by atoms with Crippen molar-refractivity contribution in [2.75, 3.05) is 5.32 Å². The van der Waals surface area contributed by atoms with E-state index in [1.54, 1.807) is 37.5 Å². The van der Waals surface area contributed by atoms with E-state index in [9.17, 15) is 9.18 Å². The number of rotatable bonds is 6. The van der Waals surface area contributed by atoms with E-state index < -0.39 is 11.7 Å². The molecule has 180 valence electrons. The maximum atomic E-state index is 14.9. The second-order valence-corrected chi connectivity index (χ2v) is 9.33. The third-order valence-electron chi connectivity index (χ3n) is 6.79. The Bertz CT molecular complexity index is 1530. The van der Waals surface area contributed by atoms with Gasteiger partial charge in [0, 0.05) is 18.5 Å². The van der Waals surface area contributed by atoms with Crippen LogP contribution in [0.5, 0.6) is 0 Å². The second-order valence-electron chi connectivity index (χ2n) is 9.33. The first kappa shape index (κ1) is 22.1. The van der Waals surface area contributed by atoms with Crippen LogP contribution in [-0.4, -0.2) is 35.2 Å². The summed E-state index contributed by atoms with van der Waals surface area (Å²) in [7, 11) is 0. The van der Waals surface area contributed by atoms with Crippen molar-refractivity contribution in [3.63, 3.8) is 0 Å². The minimum Gasteiger partial charge on any atom is -0.306 e. The Balaban J connectivity index is 1.27. The largest absolute Gasteiger partial charge is 0.306 e. The maximum absolute atomic E-state index is 14.9. The number of carbonyl (C=O) groups excluding carboxylic acids is 1. The number of anilines is 1. The molecule has 1 aliphatic carbocycles. The number of imidazole rings is 1. The number of carbonyl (C=O) groups is 1. The number of nitrogens with one attached hydrogen (secondary N) is 1. The fourth-order valence-electron chi connectivity index (χ4n) is 4.76. The molecule has 0 radical (unpaired) electrons. The molecule has 2 aliphatic rings. The Morgan fingerprint density at radius 2 is 2.11 bits per heavy atom. The molecule has 0 spiro atoms. The molecule has 1 atom stereocenters. The molecule has 0 bridgehead atoms. The number of nitriles is 1. The number of fused-ring (bicyclic) bond motifs is 1. The minimum absolute atomic E-state index is 0.00118. The summed E-state index contributed by atoms with van der Waals surface area (Å²) in [6.45, 7) is 1.80. The number of hydrogen-bond acceptors (Lipinski definition) is 6. The van der Waals surface area contributed by atoms with Gasteiger partial charge in [-0.15, -0.1) is 10.2 Å². The van der Waals surface area contributed by atoms with Gasteiger partial charge >= 0.3 is 0 Å². The van der Waals surface area contributed by atoms with Crippen LogP contribution < -0.4 is 5.32 Å². The minimum atomic E-state index is -0.609. The zero-order valence-electron chi connectivity index (χ0n) is 19.6. The molecule has 3 aromatic heterocycles. The molecule has 10 heteroatoms. The van der Waals surface area contributed by atoms with Gasteiger partial charge in [0.1, 0.15) is 23.2 Å². The van der Waals surface area contributed by atoms with Crippen LogP contribution in [0.2, 0.25) is 0 Å². The van der Waals surface area contributed by atoms with E-state index in [0.717, 1.165) is 37.2 Å². The van der Waals surface area contributed by atoms with Gasteiger partial charge in [-0.1, -0.05) is 6.07 Å². The molecule has 1 saturated carbocycles. The first-order chi connectivity index (χ1) is 17.5. The van der Waals surface area contributed by atoms with Crippen molar-refractivity contribution < 1.29 is 9.18 Å². The number of halogens is 1. The lowest BCUT2D eigenvalue weighted by Gasteiger charge is -2.13. The fraction of sp³-hybridized carbons (Fsp3) is 0.308. The van der Waals surface area contributed by atoms with Crippen molar-refractivity contribution in [3.05, 3.63) is 71.3 Å². The molecule has 1 unspecified atom stereocenters. The van der Waals surface area contributed by atoms with Gasteiger partial charge in [0.05, 0.1) is 41.8 Å². The van der Waals surface area contributed by atoms with Crippen molar-refractivity contribution in [2.24, 2.45) is 0 Å². The summed E-state index contributed by atoms with van der Waals surface area (Å²) in [4.78, 5) is 22.1. The lowest BCUT2D eigenvalue weighted by Crippen LogP contribution is -2.16. The summed E-state index contributed by atoms with van der Waals surface area (Å²) in [6.07, 6.45) is 7.87. The van der Waals surface area contributed by atoms with Crippen molar-refractivity contribution in [1.29, 1.82) is 5.26 Å². The van der Waals surface area contributed by atoms with Crippen LogP contribution in [0.3, 0.4) is 0 Å². The van der Waals surface area contributed by atoms with E-state index in [1.165, 1.54) is 6.07 Å². The molecule has 1 fully saturated rings. The molecule has 1 amide bonds. The zero-order chi connectivity index (χ0) is 24.8. The lowest BCUT2D eigenvalue weighted by molar-refractivity contribution is 0.102. The number of benzene rings is 1. The molecule has 4 heterocycles. The van der Waals surface area contributed by atoms with Gasteiger partial charge in [0.25, 0.3) is 5.91 Å². The highest BCUT2D eigenvalue weighted by Crippen LogP contribution is 2.39. The average molecular weight is 483 g/mol. The maximum Gasteiger partial charge on any atom is 0.259 e.